The SMILES string of the molecule is CCNC(=NCC1CCCOC1c1ccccc1)NCCOC.I. The van der Waals surface area contributed by atoms with Gasteiger partial charge in [-0.1, -0.05) is 30.3 Å². The molecule has 0 aromatic heterocycles. The van der Waals surface area contributed by atoms with E-state index in [-0.39, 0.29) is 30.1 Å². The summed E-state index contributed by atoms with van der Waals surface area (Å²) in [5.41, 5.74) is 1.25. The van der Waals surface area contributed by atoms with E-state index < -0.39 is 0 Å². The van der Waals surface area contributed by atoms with Crippen LogP contribution in [0.3, 0.4) is 0 Å². The molecule has 6 heteroatoms. The minimum absolute atomic E-state index is 0. The Morgan fingerprint density at radius 1 is 1.29 bits per heavy atom. The summed E-state index contributed by atoms with van der Waals surface area (Å²) >= 11 is 0. The van der Waals surface area contributed by atoms with Gasteiger partial charge in [-0.25, -0.2) is 0 Å². The van der Waals surface area contributed by atoms with Gasteiger partial charge in [0.25, 0.3) is 0 Å². The molecule has 0 amide bonds. The molecule has 1 aliphatic rings. The smallest absolute Gasteiger partial charge is 0.191 e. The van der Waals surface area contributed by atoms with Crippen molar-refractivity contribution in [3.8, 4) is 0 Å². The van der Waals surface area contributed by atoms with Crippen LogP contribution < -0.4 is 10.6 Å². The molecule has 2 atom stereocenters. The van der Waals surface area contributed by atoms with E-state index in [9.17, 15) is 0 Å². The summed E-state index contributed by atoms with van der Waals surface area (Å²) < 4.78 is 11.1. The molecule has 24 heavy (non-hydrogen) atoms. The van der Waals surface area contributed by atoms with E-state index in [0.717, 1.165) is 45.0 Å². The summed E-state index contributed by atoms with van der Waals surface area (Å²) in [4.78, 5) is 4.74. The van der Waals surface area contributed by atoms with Crippen LogP contribution >= 0.6 is 24.0 Å². The van der Waals surface area contributed by atoms with Gasteiger partial charge in [-0.2, -0.15) is 0 Å². The molecule has 5 nitrogen and oxygen atoms in total. The molecule has 0 bridgehead atoms. The van der Waals surface area contributed by atoms with Crippen molar-refractivity contribution in [1.82, 2.24) is 10.6 Å². The highest BCUT2D eigenvalue weighted by atomic mass is 127. The largest absolute Gasteiger partial charge is 0.383 e. The van der Waals surface area contributed by atoms with Gasteiger partial charge in [0.2, 0.25) is 0 Å². The molecule has 2 N–H and O–H groups in total. The topological polar surface area (TPSA) is 54.9 Å². The summed E-state index contributed by atoms with van der Waals surface area (Å²) in [6, 6.07) is 10.5. The van der Waals surface area contributed by atoms with Crippen LogP contribution in [0.2, 0.25) is 0 Å². The molecule has 2 unspecified atom stereocenters. The fraction of sp³-hybridized carbons (Fsp3) is 0.611. The second-order valence-electron chi connectivity index (χ2n) is 5.74. The van der Waals surface area contributed by atoms with E-state index >= 15 is 0 Å². The summed E-state index contributed by atoms with van der Waals surface area (Å²) in [6.07, 6.45) is 2.41. The predicted molar refractivity (Wildman–Crippen MR) is 109 cm³/mol. The molecule has 1 saturated heterocycles. The van der Waals surface area contributed by atoms with Crippen molar-refractivity contribution in [3.05, 3.63) is 35.9 Å². The Labute approximate surface area is 162 Å². The molecule has 0 aliphatic carbocycles. The van der Waals surface area contributed by atoms with Crippen LogP contribution in [-0.4, -0.2) is 45.9 Å². The van der Waals surface area contributed by atoms with E-state index in [1.807, 2.05) is 6.07 Å². The Morgan fingerprint density at radius 3 is 2.79 bits per heavy atom. The first kappa shape index (κ1) is 21.2. The highest BCUT2D eigenvalue weighted by Crippen LogP contribution is 2.33. The van der Waals surface area contributed by atoms with Gasteiger partial charge < -0.3 is 20.1 Å². The number of guanidine groups is 1. The van der Waals surface area contributed by atoms with Crippen LogP contribution in [-0.2, 0) is 9.47 Å². The van der Waals surface area contributed by atoms with Gasteiger partial charge in [-0.05, 0) is 25.3 Å². The van der Waals surface area contributed by atoms with Crippen LogP contribution in [0.4, 0.5) is 0 Å². The van der Waals surface area contributed by atoms with Crippen molar-refractivity contribution >= 4 is 29.9 Å². The highest BCUT2D eigenvalue weighted by Gasteiger charge is 2.27. The predicted octanol–water partition coefficient (Wildman–Crippen LogP) is 2.97. The number of halogens is 1. The minimum atomic E-state index is 0. The Bertz CT molecular complexity index is 471. The van der Waals surface area contributed by atoms with Crippen LogP contribution in [0.5, 0.6) is 0 Å². The molecule has 0 saturated carbocycles. The second kappa shape index (κ2) is 12.5. The number of aliphatic imine (C=N–C) groups is 1. The molecule has 1 heterocycles. The summed E-state index contributed by atoms with van der Waals surface area (Å²) in [5.74, 6) is 1.27. The first-order valence-electron chi connectivity index (χ1n) is 8.52. The van der Waals surface area contributed by atoms with Crippen molar-refractivity contribution in [2.75, 3.05) is 40.0 Å². The molecule has 0 radical (unpaired) electrons. The maximum Gasteiger partial charge on any atom is 0.191 e. The van der Waals surface area contributed by atoms with Gasteiger partial charge in [-0.15, -0.1) is 24.0 Å². The number of hydrogen-bond donors (Lipinski definition) is 2. The standard InChI is InChI=1S/C18H29N3O2.HI/c1-3-19-18(20-11-13-22-2)21-14-16-10-7-12-23-17(16)15-8-5-4-6-9-15;/h4-6,8-9,16-17H,3,7,10-14H2,1-2H3,(H2,19,20,21);1H. The van der Waals surface area contributed by atoms with Crippen LogP contribution in [0.25, 0.3) is 0 Å². The lowest BCUT2D eigenvalue weighted by atomic mass is 9.89. The average molecular weight is 447 g/mol. The van der Waals surface area contributed by atoms with Crippen molar-refractivity contribution in [1.29, 1.82) is 0 Å². The van der Waals surface area contributed by atoms with Crippen molar-refractivity contribution in [2.24, 2.45) is 10.9 Å². The Morgan fingerprint density at radius 2 is 2.08 bits per heavy atom. The third kappa shape index (κ3) is 6.94. The molecule has 1 aromatic carbocycles. The average Bonchev–Trinajstić information content (AvgIpc) is 2.61. The number of benzene rings is 1. The maximum atomic E-state index is 6.04. The summed E-state index contributed by atoms with van der Waals surface area (Å²) in [6.45, 7) is 5.95. The Balaban J connectivity index is 0.00000288. The van der Waals surface area contributed by atoms with Crippen LogP contribution in [0.15, 0.2) is 35.3 Å². The molecule has 2 rings (SSSR count). The van der Waals surface area contributed by atoms with Gasteiger partial charge in [0, 0.05) is 39.3 Å². The molecule has 1 aromatic rings. The fourth-order valence-electron chi connectivity index (χ4n) is 2.86. The number of rotatable bonds is 7. The lowest BCUT2D eigenvalue weighted by Gasteiger charge is -2.31. The third-order valence-corrected chi connectivity index (χ3v) is 4.00. The summed E-state index contributed by atoms with van der Waals surface area (Å²) in [7, 11) is 1.70. The zero-order valence-electron chi connectivity index (χ0n) is 14.7. The number of hydrogen-bond acceptors (Lipinski definition) is 3. The first-order chi connectivity index (χ1) is 11.3. The van der Waals surface area contributed by atoms with Crippen molar-refractivity contribution in [3.63, 3.8) is 0 Å². The monoisotopic (exact) mass is 447 g/mol. The maximum absolute atomic E-state index is 6.04. The van der Waals surface area contributed by atoms with Gasteiger partial charge in [-0.3, -0.25) is 4.99 Å². The van der Waals surface area contributed by atoms with Crippen LogP contribution in [0.1, 0.15) is 31.4 Å². The molecule has 1 aliphatic heterocycles. The van der Waals surface area contributed by atoms with Crippen LogP contribution in [0, 0.1) is 5.92 Å². The number of nitrogens with zero attached hydrogens (tertiary/aromatic N) is 1. The minimum Gasteiger partial charge on any atom is -0.383 e. The zero-order valence-corrected chi connectivity index (χ0v) is 17.0. The van der Waals surface area contributed by atoms with Gasteiger partial charge in [0.1, 0.15) is 0 Å². The Kier molecular flexibility index (Phi) is 11.0. The van der Waals surface area contributed by atoms with E-state index in [1.54, 1.807) is 7.11 Å². The summed E-state index contributed by atoms with van der Waals surface area (Å²) in [5, 5.41) is 6.57. The Hall–Kier alpha value is -0.860. The first-order valence-corrected chi connectivity index (χ1v) is 8.52. The third-order valence-electron chi connectivity index (χ3n) is 4.00. The van der Waals surface area contributed by atoms with E-state index in [2.05, 4.69) is 41.8 Å². The van der Waals surface area contributed by atoms with Crippen molar-refractivity contribution < 1.29 is 9.47 Å². The second-order valence-corrected chi connectivity index (χ2v) is 5.74. The lowest BCUT2D eigenvalue weighted by Crippen LogP contribution is -2.39. The fourth-order valence-corrected chi connectivity index (χ4v) is 2.86. The number of ether oxygens (including phenoxy) is 2. The lowest BCUT2D eigenvalue weighted by molar-refractivity contribution is -0.0250. The van der Waals surface area contributed by atoms with Gasteiger partial charge in [0.05, 0.1) is 12.7 Å². The van der Waals surface area contributed by atoms with E-state index in [1.165, 1.54) is 5.56 Å². The van der Waals surface area contributed by atoms with E-state index in [0.29, 0.717) is 12.5 Å². The quantitative estimate of drug-likeness (QED) is 0.292. The number of methoxy groups -OCH3 is 1. The molecular formula is C18H30IN3O2. The van der Waals surface area contributed by atoms with Gasteiger partial charge >= 0.3 is 0 Å². The molecular weight excluding hydrogens is 417 g/mol. The number of nitrogens with one attached hydrogen (secondary N) is 2. The zero-order chi connectivity index (χ0) is 16.3. The van der Waals surface area contributed by atoms with E-state index in [4.69, 9.17) is 14.5 Å². The normalized spacial score (nSPS) is 21.0. The highest BCUT2D eigenvalue weighted by molar-refractivity contribution is 14.0. The van der Waals surface area contributed by atoms with Crippen molar-refractivity contribution in [2.45, 2.75) is 25.9 Å². The molecule has 0 spiro atoms. The molecule has 136 valence electrons. The molecule has 1 fully saturated rings. The van der Waals surface area contributed by atoms with Gasteiger partial charge in [0.15, 0.2) is 5.96 Å².